The van der Waals surface area contributed by atoms with E-state index in [4.69, 9.17) is 5.84 Å². The number of rotatable bonds is 16. The molecule has 0 fully saturated rings. The molecule has 0 aromatic carbocycles. The second-order valence-corrected chi connectivity index (χ2v) is 5.54. The van der Waals surface area contributed by atoms with Crippen LogP contribution in [0.5, 0.6) is 0 Å². The highest BCUT2D eigenvalue weighted by atomic mass is 15.3. The number of nitrogens with zero attached hydrogens (tertiary/aromatic N) is 1. The average molecular weight is 287 g/mol. The molecule has 20 heavy (non-hydrogen) atoms. The standard InChI is InChI=1S/C15H37N5/c1-3-18-19-13-11-15-20(2)14-10-8-6-4-5-7-9-12-17-16/h17-19H,3-16H2,1-2H3. The topological polar surface area (TPSA) is 65.3 Å². The zero-order valence-electron chi connectivity index (χ0n) is 13.7. The molecular formula is C15H37N5. The molecule has 5 heteroatoms. The van der Waals surface area contributed by atoms with Crippen molar-refractivity contribution in [2.24, 2.45) is 5.84 Å². The molecule has 0 saturated heterocycles. The van der Waals surface area contributed by atoms with Gasteiger partial charge < -0.3 is 4.90 Å². The van der Waals surface area contributed by atoms with Gasteiger partial charge in [0.1, 0.15) is 0 Å². The van der Waals surface area contributed by atoms with E-state index in [0.717, 1.165) is 19.6 Å². The highest BCUT2D eigenvalue weighted by Crippen LogP contribution is 2.07. The Morgan fingerprint density at radius 1 is 0.750 bits per heavy atom. The van der Waals surface area contributed by atoms with E-state index < -0.39 is 0 Å². The number of nitrogens with one attached hydrogen (secondary N) is 3. The minimum absolute atomic E-state index is 0.952. The van der Waals surface area contributed by atoms with E-state index in [2.05, 4.69) is 35.1 Å². The van der Waals surface area contributed by atoms with E-state index in [-0.39, 0.29) is 0 Å². The van der Waals surface area contributed by atoms with Crippen molar-refractivity contribution in [2.75, 3.05) is 39.8 Å². The summed E-state index contributed by atoms with van der Waals surface area (Å²) in [5.41, 5.74) is 9.04. The van der Waals surface area contributed by atoms with Crippen LogP contribution in [0.3, 0.4) is 0 Å². The summed E-state index contributed by atoms with van der Waals surface area (Å²) in [5, 5.41) is 0. The van der Waals surface area contributed by atoms with Crippen LogP contribution in [-0.2, 0) is 0 Å². The lowest BCUT2D eigenvalue weighted by Crippen LogP contribution is -2.34. The van der Waals surface area contributed by atoms with Crippen molar-refractivity contribution in [2.45, 2.75) is 58.3 Å². The fourth-order valence-corrected chi connectivity index (χ4v) is 2.26. The Morgan fingerprint density at radius 2 is 1.35 bits per heavy atom. The van der Waals surface area contributed by atoms with Crippen LogP contribution >= 0.6 is 0 Å². The van der Waals surface area contributed by atoms with Crippen LogP contribution in [0.25, 0.3) is 0 Å². The van der Waals surface area contributed by atoms with Crippen molar-refractivity contribution in [3.8, 4) is 0 Å². The molecule has 122 valence electrons. The third-order valence-corrected chi connectivity index (χ3v) is 3.50. The lowest BCUT2D eigenvalue weighted by molar-refractivity contribution is 0.314. The van der Waals surface area contributed by atoms with Gasteiger partial charge in [-0.15, -0.1) is 0 Å². The smallest absolute Gasteiger partial charge is 0.0112 e. The Morgan fingerprint density at radius 3 is 2.00 bits per heavy atom. The van der Waals surface area contributed by atoms with Gasteiger partial charge >= 0.3 is 0 Å². The summed E-state index contributed by atoms with van der Waals surface area (Å²) in [6, 6.07) is 0. The fraction of sp³-hybridized carbons (Fsp3) is 1.00. The lowest BCUT2D eigenvalue weighted by atomic mass is 10.1. The first-order valence-electron chi connectivity index (χ1n) is 8.39. The van der Waals surface area contributed by atoms with Crippen LogP contribution in [0, 0.1) is 0 Å². The first kappa shape index (κ1) is 19.8. The van der Waals surface area contributed by atoms with Gasteiger partial charge in [-0.3, -0.25) is 22.1 Å². The second kappa shape index (κ2) is 16.9. The number of unbranched alkanes of at least 4 members (excludes halogenated alkanes) is 6. The van der Waals surface area contributed by atoms with Gasteiger partial charge in [-0.1, -0.05) is 39.0 Å². The summed E-state index contributed by atoms with van der Waals surface area (Å²) in [6.07, 6.45) is 10.5. The quantitative estimate of drug-likeness (QED) is 0.197. The molecule has 0 aliphatic rings. The SMILES string of the molecule is CCNNCCCN(C)CCCCCCCCCNN. The fourth-order valence-electron chi connectivity index (χ4n) is 2.26. The normalized spacial score (nSPS) is 11.4. The summed E-state index contributed by atoms with van der Waals surface area (Å²) >= 11 is 0. The highest BCUT2D eigenvalue weighted by molar-refractivity contribution is 4.54. The molecule has 0 atom stereocenters. The maximum Gasteiger partial charge on any atom is 0.0112 e. The van der Waals surface area contributed by atoms with E-state index >= 15 is 0 Å². The van der Waals surface area contributed by atoms with Crippen molar-refractivity contribution in [3.05, 3.63) is 0 Å². The zero-order valence-corrected chi connectivity index (χ0v) is 13.7. The number of hydrazine groups is 2. The van der Waals surface area contributed by atoms with Crippen molar-refractivity contribution >= 4 is 0 Å². The zero-order chi connectivity index (χ0) is 14.9. The third-order valence-electron chi connectivity index (χ3n) is 3.50. The molecule has 0 aliphatic carbocycles. The molecule has 0 bridgehead atoms. The molecule has 0 aliphatic heterocycles. The second-order valence-electron chi connectivity index (χ2n) is 5.54. The molecular weight excluding hydrogens is 250 g/mol. The van der Waals surface area contributed by atoms with Crippen LogP contribution in [0.4, 0.5) is 0 Å². The Balaban J connectivity index is 3.09. The Kier molecular flexibility index (Phi) is 16.7. The highest BCUT2D eigenvalue weighted by Gasteiger charge is 1.98. The third kappa shape index (κ3) is 15.9. The van der Waals surface area contributed by atoms with Crippen molar-refractivity contribution < 1.29 is 0 Å². The molecule has 0 radical (unpaired) electrons. The molecule has 5 nitrogen and oxygen atoms in total. The van der Waals surface area contributed by atoms with E-state index in [1.54, 1.807) is 0 Å². The van der Waals surface area contributed by atoms with Crippen LogP contribution in [0.1, 0.15) is 58.3 Å². The van der Waals surface area contributed by atoms with E-state index in [0.29, 0.717) is 0 Å². The van der Waals surface area contributed by atoms with Gasteiger partial charge in [-0.2, -0.15) is 0 Å². The largest absolute Gasteiger partial charge is 0.306 e. The summed E-state index contributed by atoms with van der Waals surface area (Å²) in [4.78, 5) is 2.44. The van der Waals surface area contributed by atoms with Crippen LogP contribution in [0.15, 0.2) is 0 Å². The predicted molar refractivity (Wildman–Crippen MR) is 88.3 cm³/mol. The molecule has 5 N–H and O–H groups in total. The molecule has 0 unspecified atom stereocenters. The summed E-state index contributed by atoms with van der Waals surface area (Å²) < 4.78 is 0. The van der Waals surface area contributed by atoms with E-state index in [1.807, 2.05) is 0 Å². The summed E-state index contributed by atoms with van der Waals surface area (Å²) in [6.45, 7) is 7.51. The minimum Gasteiger partial charge on any atom is -0.306 e. The summed E-state index contributed by atoms with van der Waals surface area (Å²) in [7, 11) is 2.23. The minimum atomic E-state index is 0.952. The van der Waals surface area contributed by atoms with Gasteiger partial charge in [0.2, 0.25) is 0 Å². The van der Waals surface area contributed by atoms with Gasteiger partial charge in [0.25, 0.3) is 0 Å². The Bertz CT molecular complexity index is 178. The molecule has 0 rings (SSSR count). The first-order chi connectivity index (χ1) is 9.81. The van der Waals surface area contributed by atoms with E-state index in [9.17, 15) is 0 Å². The average Bonchev–Trinajstić information content (AvgIpc) is 2.45. The molecule has 0 spiro atoms. The van der Waals surface area contributed by atoms with Crippen LogP contribution in [0.2, 0.25) is 0 Å². The monoisotopic (exact) mass is 287 g/mol. The number of nitrogens with two attached hydrogens (primary N) is 1. The lowest BCUT2D eigenvalue weighted by Gasteiger charge is -2.16. The molecule has 0 aromatic heterocycles. The predicted octanol–water partition coefficient (Wildman–Crippen LogP) is 1.62. The Hall–Kier alpha value is -0.200. The van der Waals surface area contributed by atoms with Gasteiger partial charge in [-0.05, 0) is 39.4 Å². The van der Waals surface area contributed by atoms with Crippen LogP contribution < -0.4 is 22.1 Å². The maximum absolute atomic E-state index is 5.23. The number of hydrogen-bond acceptors (Lipinski definition) is 5. The first-order valence-corrected chi connectivity index (χ1v) is 8.39. The maximum atomic E-state index is 5.23. The summed E-state index contributed by atoms with van der Waals surface area (Å²) in [5.74, 6) is 5.23. The van der Waals surface area contributed by atoms with Gasteiger partial charge in [0.15, 0.2) is 0 Å². The van der Waals surface area contributed by atoms with Crippen molar-refractivity contribution in [1.29, 1.82) is 0 Å². The van der Waals surface area contributed by atoms with Gasteiger partial charge in [-0.25, -0.2) is 0 Å². The van der Waals surface area contributed by atoms with Crippen LogP contribution in [-0.4, -0.2) is 44.7 Å². The Labute approximate surface area is 126 Å². The van der Waals surface area contributed by atoms with Crippen molar-refractivity contribution in [3.63, 3.8) is 0 Å². The molecule has 0 aromatic rings. The van der Waals surface area contributed by atoms with Crippen molar-refractivity contribution in [1.82, 2.24) is 21.2 Å². The van der Waals surface area contributed by atoms with Gasteiger partial charge in [0, 0.05) is 19.6 Å². The molecule has 0 saturated carbocycles. The number of hydrogen-bond donors (Lipinski definition) is 4. The van der Waals surface area contributed by atoms with Gasteiger partial charge in [0.05, 0.1) is 0 Å². The van der Waals surface area contributed by atoms with E-state index in [1.165, 1.54) is 64.5 Å². The molecule has 0 heterocycles. The molecule has 0 amide bonds.